The Morgan fingerprint density at radius 1 is 1.03 bits per heavy atom. The fraction of sp³-hybridized carbons (Fsp3) is 0.364. The van der Waals surface area contributed by atoms with Crippen LogP contribution in [-0.2, 0) is 4.79 Å². The third-order valence-electron chi connectivity index (χ3n) is 4.84. The highest BCUT2D eigenvalue weighted by atomic mass is 127. The van der Waals surface area contributed by atoms with Crippen LogP contribution in [-0.4, -0.2) is 42.9 Å². The van der Waals surface area contributed by atoms with Crippen molar-refractivity contribution in [3.63, 3.8) is 0 Å². The summed E-state index contributed by atoms with van der Waals surface area (Å²) < 4.78 is 1.01. The fourth-order valence-corrected chi connectivity index (χ4v) is 4.14. The summed E-state index contributed by atoms with van der Waals surface area (Å²) in [7, 11) is 0. The Labute approximate surface area is 190 Å². The first-order chi connectivity index (χ1) is 13.6. The van der Waals surface area contributed by atoms with Crippen LogP contribution in [0.4, 0.5) is 11.4 Å². The maximum absolute atomic E-state index is 12.5. The molecule has 0 bridgehead atoms. The van der Waals surface area contributed by atoms with Crippen LogP contribution in [0, 0.1) is 8.99 Å². The van der Waals surface area contributed by atoms with E-state index in [9.17, 15) is 9.59 Å². The van der Waals surface area contributed by atoms with Crippen LogP contribution in [0.5, 0.6) is 0 Å². The van der Waals surface area contributed by atoms with E-state index >= 15 is 0 Å². The van der Waals surface area contributed by atoms with Crippen molar-refractivity contribution in [3.8, 4) is 0 Å². The van der Waals surface area contributed by atoms with E-state index < -0.39 is 0 Å². The minimum absolute atomic E-state index is 0.165. The highest BCUT2D eigenvalue weighted by Gasteiger charge is 2.30. The molecule has 29 heavy (non-hydrogen) atoms. The van der Waals surface area contributed by atoms with Crippen LogP contribution in [0.3, 0.4) is 0 Å². The minimum atomic E-state index is -0.365. The van der Waals surface area contributed by atoms with E-state index in [1.807, 2.05) is 56.0 Å². The quantitative estimate of drug-likeness (QED) is 0.581. The molecule has 5 nitrogen and oxygen atoms in total. The number of carbonyl (C=O) groups excluding carboxylic acids is 2. The van der Waals surface area contributed by atoms with Gasteiger partial charge in [0.15, 0.2) is 0 Å². The number of hydrogen-bond acceptors (Lipinski definition) is 3. The van der Waals surface area contributed by atoms with Crippen LogP contribution in [0.15, 0.2) is 42.5 Å². The van der Waals surface area contributed by atoms with Crippen molar-refractivity contribution in [2.24, 2.45) is 5.41 Å². The van der Waals surface area contributed by atoms with E-state index in [0.717, 1.165) is 22.3 Å². The second-order valence-electron chi connectivity index (χ2n) is 8.16. The Bertz CT molecular complexity index is 919. The molecule has 0 saturated carbocycles. The van der Waals surface area contributed by atoms with Gasteiger partial charge >= 0.3 is 0 Å². The summed E-state index contributed by atoms with van der Waals surface area (Å²) in [6, 6.07) is 13.0. The third kappa shape index (κ3) is 5.42. The lowest BCUT2D eigenvalue weighted by molar-refractivity contribution is -0.139. The molecule has 1 aliphatic heterocycles. The summed E-state index contributed by atoms with van der Waals surface area (Å²) in [5.41, 5.74) is 1.82. The maximum Gasteiger partial charge on any atom is 0.255 e. The van der Waals surface area contributed by atoms with Gasteiger partial charge in [0.1, 0.15) is 0 Å². The summed E-state index contributed by atoms with van der Waals surface area (Å²) in [4.78, 5) is 29.0. The number of nitrogens with zero attached hydrogens (tertiary/aromatic N) is 2. The predicted molar refractivity (Wildman–Crippen MR) is 127 cm³/mol. The molecule has 0 aromatic heterocycles. The second-order valence-corrected chi connectivity index (χ2v) is 9.81. The highest BCUT2D eigenvalue weighted by molar-refractivity contribution is 14.1. The van der Waals surface area contributed by atoms with Crippen LogP contribution < -0.4 is 10.2 Å². The average Bonchev–Trinajstić information content (AvgIpc) is 2.67. The monoisotopic (exact) mass is 525 g/mol. The molecule has 0 atom stereocenters. The SMILES string of the molecule is CC(C)(C)C(=O)N1CCN(c2ccc(NC(=O)c3cccc(I)c3)cc2Cl)CC1. The van der Waals surface area contributed by atoms with E-state index in [2.05, 4.69) is 32.8 Å². The summed E-state index contributed by atoms with van der Waals surface area (Å²) in [5, 5.41) is 3.48. The molecule has 0 spiro atoms. The van der Waals surface area contributed by atoms with Crippen molar-refractivity contribution >= 4 is 57.4 Å². The summed E-state index contributed by atoms with van der Waals surface area (Å²) in [5.74, 6) is 0.0125. The molecule has 1 heterocycles. The zero-order valence-electron chi connectivity index (χ0n) is 16.8. The van der Waals surface area contributed by atoms with Crippen LogP contribution in [0.25, 0.3) is 0 Å². The van der Waals surface area contributed by atoms with Crippen LogP contribution in [0.2, 0.25) is 5.02 Å². The van der Waals surface area contributed by atoms with Crippen molar-refractivity contribution in [2.45, 2.75) is 20.8 Å². The Kier molecular flexibility index (Phi) is 6.73. The number of halogens is 2. The van der Waals surface area contributed by atoms with Gasteiger partial charge in [-0.25, -0.2) is 0 Å². The Balaban J connectivity index is 1.64. The molecule has 1 saturated heterocycles. The van der Waals surface area contributed by atoms with Gasteiger partial charge in [0, 0.05) is 46.4 Å². The smallest absolute Gasteiger partial charge is 0.255 e. The normalized spacial score (nSPS) is 14.7. The minimum Gasteiger partial charge on any atom is -0.367 e. The van der Waals surface area contributed by atoms with E-state index in [1.54, 1.807) is 12.1 Å². The lowest BCUT2D eigenvalue weighted by atomic mass is 9.94. The molecule has 1 fully saturated rings. The van der Waals surface area contributed by atoms with Crippen LogP contribution >= 0.6 is 34.2 Å². The first-order valence-electron chi connectivity index (χ1n) is 9.56. The lowest BCUT2D eigenvalue weighted by Crippen LogP contribution is -2.51. The topological polar surface area (TPSA) is 52.7 Å². The van der Waals surface area contributed by atoms with Crippen molar-refractivity contribution in [1.29, 1.82) is 0 Å². The second kappa shape index (κ2) is 8.92. The molecule has 0 unspecified atom stereocenters. The molecule has 3 rings (SSSR count). The number of rotatable bonds is 3. The van der Waals surface area contributed by atoms with Crippen molar-refractivity contribution in [2.75, 3.05) is 36.4 Å². The Morgan fingerprint density at radius 3 is 2.31 bits per heavy atom. The van der Waals surface area contributed by atoms with Gasteiger partial charge in [-0.2, -0.15) is 0 Å². The molecular weight excluding hydrogens is 501 g/mol. The molecule has 2 aromatic rings. The van der Waals surface area contributed by atoms with Gasteiger partial charge in [-0.05, 0) is 59.0 Å². The fourth-order valence-electron chi connectivity index (χ4n) is 3.30. The molecule has 0 radical (unpaired) electrons. The summed E-state index contributed by atoms with van der Waals surface area (Å²) in [6.45, 7) is 8.66. The molecule has 1 aliphatic rings. The number of piperazine rings is 1. The Hall–Kier alpha value is -1.80. The zero-order valence-corrected chi connectivity index (χ0v) is 19.8. The van der Waals surface area contributed by atoms with E-state index in [1.165, 1.54) is 0 Å². The van der Waals surface area contributed by atoms with Crippen LogP contribution in [0.1, 0.15) is 31.1 Å². The van der Waals surface area contributed by atoms with Crippen molar-refractivity contribution < 1.29 is 9.59 Å². The lowest BCUT2D eigenvalue weighted by Gasteiger charge is -2.39. The molecule has 2 aromatic carbocycles. The van der Waals surface area contributed by atoms with E-state index in [0.29, 0.717) is 29.4 Å². The number of carbonyl (C=O) groups is 2. The van der Waals surface area contributed by atoms with Gasteiger partial charge in [-0.1, -0.05) is 38.4 Å². The molecule has 2 amide bonds. The van der Waals surface area contributed by atoms with Gasteiger partial charge in [0.25, 0.3) is 5.91 Å². The van der Waals surface area contributed by atoms with E-state index in [-0.39, 0.29) is 17.2 Å². The highest BCUT2D eigenvalue weighted by Crippen LogP contribution is 2.30. The average molecular weight is 526 g/mol. The Morgan fingerprint density at radius 2 is 1.72 bits per heavy atom. The number of anilines is 2. The van der Waals surface area contributed by atoms with E-state index in [4.69, 9.17) is 11.6 Å². The first kappa shape index (κ1) is 21.9. The van der Waals surface area contributed by atoms with Gasteiger partial charge in [-0.15, -0.1) is 0 Å². The predicted octanol–water partition coefficient (Wildman–Crippen LogP) is 4.89. The van der Waals surface area contributed by atoms with Gasteiger partial charge in [0.05, 0.1) is 10.7 Å². The van der Waals surface area contributed by atoms with Crippen molar-refractivity contribution in [3.05, 3.63) is 56.6 Å². The zero-order chi connectivity index (χ0) is 21.2. The molecule has 154 valence electrons. The number of nitrogens with one attached hydrogen (secondary N) is 1. The molecule has 0 aliphatic carbocycles. The molecular formula is C22H25ClIN3O2. The third-order valence-corrected chi connectivity index (χ3v) is 5.82. The number of amides is 2. The van der Waals surface area contributed by atoms with Gasteiger partial charge in [-0.3, -0.25) is 9.59 Å². The first-order valence-corrected chi connectivity index (χ1v) is 11.0. The molecule has 1 N–H and O–H groups in total. The summed E-state index contributed by atoms with van der Waals surface area (Å²) >= 11 is 8.70. The molecule has 7 heteroatoms. The number of hydrogen-bond donors (Lipinski definition) is 1. The van der Waals surface area contributed by atoms with Crippen molar-refractivity contribution in [1.82, 2.24) is 4.90 Å². The maximum atomic E-state index is 12.5. The van der Waals surface area contributed by atoms with Gasteiger partial charge in [0.2, 0.25) is 5.91 Å². The van der Waals surface area contributed by atoms with Gasteiger partial charge < -0.3 is 15.1 Å². The number of benzene rings is 2. The summed E-state index contributed by atoms with van der Waals surface area (Å²) in [6.07, 6.45) is 0. The standard InChI is InChI=1S/C22H25ClIN3O2/c1-22(2,3)21(29)27-11-9-26(10-12-27)19-8-7-17(14-18(19)23)25-20(28)15-5-4-6-16(24)13-15/h4-8,13-14H,9-12H2,1-3H3,(H,25,28). The largest absolute Gasteiger partial charge is 0.367 e.